The van der Waals surface area contributed by atoms with Gasteiger partial charge in [-0.2, -0.15) is 0 Å². The van der Waals surface area contributed by atoms with E-state index in [9.17, 15) is 14.0 Å². The van der Waals surface area contributed by atoms with Gasteiger partial charge in [0.2, 0.25) is 0 Å². The molecule has 5 nitrogen and oxygen atoms in total. The third-order valence-corrected chi connectivity index (χ3v) is 2.71. The topological polar surface area (TPSA) is 55.8 Å². The predicted molar refractivity (Wildman–Crippen MR) is 68.3 cm³/mol. The van der Waals surface area contributed by atoms with Gasteiger partial charge in [-0.1, -0.05) is 30.3 Å². The van der Waals surface area contributed by atoms with Crippen LogP contribution in [0.4, 0.5) is 9.18 Å². The van der Waals surface area contributed by atoms with Gasteiger partial charge in [-0.15, -0.1) is 5.06 Å². The van der Waals surface area contributed by atoms with Gasteiger partial charge in [0.15, 0.2) is 0 Å². The van der Waals surface area contributed by atoms with E-state index in [1.165, 1.54) is 12.1 Å². The van der Waals surface area contributed by atoms with E-state index in [4.69, 9.17) is 4.74 Å². The molecule has 1 amide bonds. The quantitative estimate of drug-likeness (QED) is 0.794. The average Bonchev–Trinajstić information content (AvgIpc) is 2.66. The summed E-state index contributed by atoms with van der Waals surface area (Å²) in [6.07, 6.45) is -0.888. The van der Waals surface area contributed by atoms with Crippen molar-refractivity contribution in [2.45, 2.75) is 32.0 Å². The van der Waals surface area contributed by atoms with Gasteiger partial charge in [0, 0.05) is 5.56 Å². The summed E-state index contributed by atoms with van der Waals surface area (Å²) in [5.74, 6) is -1.12. The molecule has 0 spiro atoms. The first kappa shape index (κ1) is 14.3. The zero-order chi connectivity index (χ0) is 15.0. The Bertz CT molecular complexity index is 526. The van der Waals surface area contributed by atoms with Gasteiger partial charge in [0.25, 0.3) is 5.67 Å². The first-order valence-electron chi connectivity index (χ1n) is 6.20. The summed E-state index contributed by atoms with van der Waals surface area (Å²) in [6.45, 7) is 4.48. The summed E-state index contributed by atoms with van der Waals surface area (Å²) in [5.41, 5.74) is -2.97. The Hall–Kier alpha value is -2.11. The Balaban J connectivity index is 2.17. The number of carbonyl (C=O) groups is 2. The number of hydrogen-bond donors (Lipinski definition) is 0. The molecule has 1 aromatic carbocycles. The molecule has 0 aliphatic carbocycles. The van der Waals surface area contributed by atoms with Crippen LogP contribution in [-0.4, -0.2) is 29.3 Å². The maximum atomic E-state index is 14.8. The summed E-state index contributed by atoms with van der Waals surface area (Å²) in [4.78, 5) is 28.2. The first-order valence-corrected chi connectivity index (χ1v) is 6.20. The minimum absolute atomic E-state index is 0.149. The molecule has 0 aromatic heterocycles. The fourth-order valence-corrected chi connectivity index (χ4v) is 1.79. The maximum absolute atomic E-state index is 14.8. The monoisotopic (exact) mass is 281 g/mol. The number of halogens is 1. The van der Waals surface area contributed by atoms with Crippen LogP contribution in [0.2, 0.25) is 0 Å². The molecular formula is C14H16FNO4. The lowest BCUT2D eigenvalue weighted by Crippen LogP contribution is -2.36. The smallest absolute Gasteiger partial charge is 0.442 e. The molecule has 1 aromatic rings. The molecule has 1 aliphatic heterocycles. The Labute approximate surface area is 116 Å². The lowest BCUT2D eigenvalue weighted by molar-refractivity contribution is -0.169. The van der Waals surface area contributed by atoms with Crippen molar-refractivity contribution in [2.75, 3.05) is 6.54 Å². The Morgan fingerprint density at radius 2 is 1.95 bits per heavy atom. The van der Waals surface area contributed by atoms with Crippen LogP contribution in [-0.2, 0) is 20.0 Å². The van der Waals surface area contributed by atoms with Crippen LogP contribution in [0, 0.1) is 0 Å². The van der Waals surface area contributed by atoms with E-state index in [-0.39, 0.29) is 5.56 Å². The summed E-state index contributed by atoms with van der Waals surface area (Å²) in [5, 5.41) is 0.612. The van der Waals surface area contributed by atoms with Crippen molar-refractivity contribution in [1.29, 1.82) is 0 Å². The van der Waals surface area contributed by atoms with Crippen molar-refractivity contribution in [1.82, 2.24) is 5.06 Å². The molecule has 20 heavy (non-hydrogen) atoms. The second-order valence-corrected chi connectivity index (χ2v) is 5.56. The first-order chi connectivity index (χ1) is 9.22. The molecule has 2 rings (SSSR count). The van der Waals surface area contributed by atoms with E-state index in [0.717, 1.165) is 0 Å². The van der Waals surface area contributed by atoms with E-state index in [0.29, 0.717) is 5.06 Å². The normalized spacial score (nSPS) is 22.6. The number of benzene rings is 1. The molecule has 108 valence electrons. The second-order valence-electron chi connectivity index (χ2n) is 5.56. The van der Waals surface area contributed by atoms with E-state index in [1.807, 2.05) is 0 Å². The zero-order valence-electron chi connectivity index (χ0n) is 11.6. The second kappa shape index (κ2) is 4.77. The van der Waals surface area contributed by atoms with Crippen LogP contribution in [0.15, 0.2) is 30.3 Å². The standard InChI is InChI=1S/C14H16FNO4/c1-13(2,3)19-12(18)16-9-14(15,11(17)20-16)10-7-5-4-6-8-10/h4-8H,9H2,1-3H3/t14-/m1/s1. The van der Waals surface area contributed by atoms with Crippen molar-refractivity contribution in [2.24, 2.45) is 0 Å². The number of hydrogen-bond acceptors (Lipinski definition) is 4. The molecule has 1 saturated heterocycles. The van der Waals surface area contributed by atoms with Gasteiger partial charge in [-0.25, -0.2) is 14.0 Å². The summed E-state index contributed by atoms with van der Waals surface area (Å²) in [6, 6.07) is 7.87. The minimum Gasteiger partial charge on any atom is -0.442 e. The number of amides is 1. The molecule has 1 heterocycles. The van der Waals surface area contributed by atoms with Crippen LogP contribution in [0.5, 0.6) is 0 Å². The van der Waals surface area contributed by atoms with Gasteiger partial charge in [-0.05, 0) is 20.8 Å². The molecule has 0 saturated carbocycles. The third kappa shape index (κ3) is 2.74. The molecule has 0 unspecified atom stereocenters. The lowest BCUT2D eigenvalue weighted by Gasteiger charge is -2.22. The molecule has 6 heteroatoms. The van der Waals surface area contributed by atoms with Crippen molar-refractivity contribution in [3.8, 4) is 0 Å². The van der Waals surface area contributed by atoms with E-state index >= 15 is 0 Å². The highest BCUT2D eigenvalue weighted by Crippen LogP contribution is 2.34. The van der Waals surface area contributed by atoms with Crippen LogP contribution >= 0.6 is 0 Å². The Morgan fingerprint density at radius 1 is 1.35 bits per heavy atom. The summed E-state index contributed by atoms with van der Waals surface area (Å²) >= 11 is 0. The number of carbonyl (C=O) groups excluding carboxylic acids is 2. The molecule has 0 radical (unpaired) electrons. The van der Waals surface area contributed by atoms with Gasteiger partial charge < -0.3 is 9.57 Å². The Morgan fingerprint density at radius 3 is 2.50 bits per heavy atom. The summed E-state index contributed by atoms with van der Waals surface area (Å²) in [7, 11) is 0. The van der Waals surface area contributed by atoms with Gasteiger partial charge >= 0.3 is 12.1 Å². The maximum Gasteiger partial charge on any atom is 0.443 e. The highest BCUT2D eigenvalue weighted by Gasteiger charge is 2.53. The molecule has 1 fully saturated rings. The largest absolute Gasteiger partial charge is 0.443 e. The fraction of sp³-hybridized carbons (Fsp3) is 0.429. The van der Waals surface area contributed by atoms with Crippen molar-refractivity contribution in [3.05, 3.63) is 35.9 Å². The fourth-order valence-electron chi connectivity index (χ4n) is 1.79. The number of rotatable bonds is 1. The highest BCUT2D eigenvalue weighted by atomic mass is 19.1. The number of hydroxylamine groups is 2. The Kier molecular flexibility index (Phi) is 3.41. The lowest BCUT2D eigenvalue weighted by atomic mass is 9.97. The van der Waals surface area contributed by atoms with E-state index in [2.05, 4.69) is 4.84 Å². The molecule has 1 aliphatic rings. The van der Waals surface area contributed by atoms with Crippen LogP contribution in [0.25, 0.3) is 0 Å². The predicted octanol–water partition coefficient (Wildman–Crippen LogP) is 2.56. The van der Waals surface area contributed by atoms with E-state index in [1.54, 1.807) is 39.0 Å². The third-order valence-electron chi connectivity index (χ3n) is 2.71. The minimum atomic E-state index is -2.36. The zero-order valence-corrected chi connectivity index (χ0v) is 11.6. The van der Waals surface area contributed by atoms with Crippen molar-refractivity contribution < 1.29 is 23.6 Å². The molecule has 0 bridgehead atoms. The average molecular weight is 281 g/mol. The number of alkyl halides is 1. The molecule has 0 N–H and O–H groups in total. The van der Waals surface area contributed by atoms with Crippen molar-refractivity contribution in [3.63, 3.8) is 0 Å². The van der Waals surface area contributed by atoms with Gasteiger partial charge in [0.1, 0.15) is 12.1 Å². The van der Waals surface area contributed by atoms with Gasteiger partial charge in [0.05, 0.1) is 0 Å². The van der Waals surface area contributed by atoms with Crippen LogP contribution in [0.3, 0.4) is 0 Å². The highest BCUT2D eigenvalue weighted by molar-refractivity contribution is 5.86. The van der Waals surface area contributed by atoms with E-state index < -0.39 is 29.9 Å². The SMILES string of the molecule is CC(C)(C)OC(=O)N1C[C@@](F)(c2ccccc2)C(=O)O1. The number of ether oxygens (including phenoxy) is 1. The molecular weight excluding hydrogens is 265 g/mol. The van der Waals surface area contributed by atoms with Gasteiger partial charge in [-0.3, -0.25) is 0 Å². The summed E-state index contributed by atoms with van der Waals surface area (Å²) < 4.78 is 19.8. The number of nitrogens with zero attached hydrogens (tertiary/aromatic N) is 1. The van der Waals surface area contributed by atoms with Crippen LogP contribution in [0.1, 0.15) is 26.3 Å². The van der Waals surface area contributed by atoms with Crippen molar-refractivity contribution >= 4 is 12.1 Å². The van der Waals surface area contributed by atoms with Crippen LogP contribution < -0.4 is 0 Å². The molecule has 1 atom stereocenters.